The van der Waals surface area contributed by atoms with Gasteiger partial charge >= 0.3 is 0 Å². The fourth-order valence-electron chi connectivity index (χ4n) is 2.76. The highest BCUT2D eigenvalue weighted by Crippen LogP contribution is 2.18. The highest BCUT2D eigenvalue weighted by atomic mass is 16.5. The van der Waals surface area contributed by atoms with E-state index in [0.717, 1.165) is 56.9 Å². The molecule has 0 amide bonds. The molecule has 0 saturated heterocycles. The number of rotatable bonds is 7. The van der Waals surface area contributed by atoms with Gasteiger partial charge in [-0.3, -0.25) is 4.99 Å². The van der Waals surface area contributed by atoms with Gasteiger partial charge < -0.3 is 20.3 Å². The lowest BCUT2D eigenvalue weighted by molar-refractivity contribution is 0.120. The molecule has 1 saturated carbocycles. The van der Waals surface area contributed by atoms with E-state index in [4.69, 9.17) is 4.52 Å². The van der Waals surface area contributed by atoms with Crippen molar-refractivity contribution in [3.63, 3.8) is 0 Å². The highest BCUT2D eigenvalue weighted by Gasteiger charge is 2.19. The number of nitrogens with zero attached hydrogens (tertiary/aromatic N) is 3. The maximum Gasteiger partial charge on any atom is 0.226 e. The Hall–Kier alpha value is -1.63. The van der Waals surface area contributed by atoms with Crippen molar-refractivity contribution in [2.45, 2.75) is 77.4 Å². The summed E-state index contributed by atoms with van der Waals surface area (Å²) in [7, 11) is 0. The van der Waals surface area contributed by atoms with Crippen LogP contribution < -0.4 is 10.6 Å². The lowest BCUT2D eigenvalue weighted by Gasteiger charge is -2.27. The van der Waals surface area contributed by atoms with E-state index in [1.54, 1.807) is 0 Å². The van der Waals surface area contributed by atoms with Crippen LogP contribution in [-0.4, -0.2) is 46.4 Å². The average molecular weight is 337 g/mol. The molecule has 2 rings (SSSR count). The van der Waals surface area contributed by atoms with E-state index < -0.39 is 0 Å². The standard InChI is InChI=1S/C17H31N5O2/c1-4-18-17(20-13-7-9-14(23)10-8-13)19-11-5-6-15-21-16(12(2)3)22-24-15/h12-14,23H,4-11H2,1-3H3,(H2,18,19,20). The summed E-state index contributed by atoms with van der Waals surface area (Å²) in [4.78, 5) is 9.01. The van der Waals surface area contributed by atoms with Crippen molar-refractivity contribution >= 4 is 5.96 Å². The molecule has 7 nitrogen and oxygen atoms in total. The van der Waals surface area contributed by atoms with E-state index in [1.807, 2.05) is 0 Å². The maximum atomic E-state index is 9.59. The number of hydrogen-bond donors (Lipinski definition) is 3. The molecule has 136 valence electrons. The highest BCUT2D eigenvalue weighted by molar-refractivity contribution is 5.80. The topological polar surface area (TPSA) is 95.6 Å². The van der Waals surface area contributed by atoms with Gasteiger partial charge in [-0.05, 0) is 39.0 Å². The molecule has 0 bridgehead atoms. The summed E-state index contributed by atoms with van der Waals surface area (Å²) in [5.74, 6) is 2.60. The van der Waals surface area contributed by atoms with E-state index in [2.05, 4.69) is 46.5 Å². The number of aryl methyl sites for hydroxylation is 1. The van der Waals surface area contributed by atoms with Crippen molar-refractivity contribution in [2.75, 3.05) is 13.1 Å². The molecule has 0 aliphatic heterocycles. The molecular weight excluding hydrogens is 306 g/mol. The van der Waals surface area contributed by atoms with E-state index in [0.29, 0.717) is 24.4 Å². The minimum Gasteiger partial charge on any atom is -0.393 e. The van der Waals surface area contributed by atoms with Crippen molar-refractivity contribution in [1.29, 1.82) is 0 Å². The van der Waals surface area contributed by atoms with Crippen LogP contribution in [0.2, 0.25) is 0 Å². The van der Waals surface area contributed by atoms with E-state index >= 15 is 0 Å². The van der Waals surface area contributed by atoms with Crippen molar-refractivity contribution in [2.24, 2.45) is 4.99 Å². The molecule has 1 aromatic heterocycles. The largest absolute Gasteiger partial charge is 0.393 e. The molecule has 0 unspecified atom stereocenters. The summed E-state index contributed by atoms with van der Waals surface area (Å²) < 4.78 is 5.25. The average Bonchev–Trinajstić information content (AvgIpc) is 3.03. The van der Waals surface area contributed by atoms with Crippen molar-refractivity contribution in [1.82, 2.24) is 20.8 Å². The third-order valence-corrected chi connectivity index (χ3v) is 4.20. The van der Waals surface area contributed by atoms with Crippen molar-refractivity contribution < 1.29 is 9.63 Å². The van der Waals surface area contributed by atoms with E-state index in [-0.39, 0.29) is 6.10 Å². The first-order chi connectivity index (χ1) is 11.6. The quantitative estimate of drug-likeness (QED) is 0.400. The van der Waals surface area contributed by atoms with Gasteiger partial charge in [-0.25, -0.2) is 0 Å². The van der Waals surface area contributed by atoms with Gasteiger partial charge in [-0.2, -0.15) is 4.98 Å². The number of hydrogen-bond acceptors (Lipinski definition) is 5. The smallest absolute Gasteiger partial charge is 0.226 e. The van der Waals surface area contributed by atoms with Crippen LogP contribution in [0.4, 0.5) is 0 Å². The zero-order valence-electron chi connectivity index (χ0n) is 15.1. The number of nitrogens with one attached hydrogen (secondary N) is 2. The van der Waals surface area contributed by atoms with Crippen LogP contribution in [0, 0.1) is 0 Å². The Morgan fingerprint density at radius 3 is 2.71 bits per heavy atom. The minimum absolute atomic E-state index is 0.132. The Labute approximate surface area is 144 Å². The van der Waals surface area contributed by atoms with Crippen LogP contribution in [0.15, 0.2) is 9.52 Å². The number of aliphatic hydroxyl groups excluding tert-OH is 1. The van der Waals surface area contributed by atoms with Crippen molar-refractivity contribution in [3.8, 4) is 0 Å². The number of aliphatic imine (C=N–C) groups is 1. The second-order valence-corrected chi connectivity index (χ2v) is 6.72. The normalized spacial score (nSPS) is 22.0. The lowest BCUT2D eigenvalue weighted by Crippen LogP contribution is -2.45. The van der Waals surface area contributed by atoms with Gasteiger partial charge in [0.05, 0.1) is 6.10 Å². The first-order valence-corrected chi connectivity index (χ1v) is 9.13. The summed E-state index contributed by atoms with van der Waals surface area (Å²) in [6.07, 6.45) is 5.21. The van der Waals surface area contributed by atoms with Gasteiger partial charge in [0.1, 0.15) is 0 Å². The Morgan fingerprint density at radius 2 is 2.08 bits per heavy atom. The zero-order chi connectivity index (χ0) is 17.4. The number of aliphatic hydroxyl groups is 1. The molecule has 0 atom stereocenters. The van der Waals surface area contributed by atoms with Crippen LogP contribution in [-0.2, 0) is 6.42 Å². The summed E-state index contributed by atoms with van der Waals surface area (Å²) in [6, 6.07) is 0.399. The Morgan fingerprint density at radius 1 is 1.33 bits per heavy atom. The predicted molar refractivity (Wildman–Crippen MR) is 94.1 cm³/mol. The third-order valence-electron chi connectivity index (χ3n) is 4.20. The van der Waals surface area contributed by atoms with Crippen LogP contribution in [0.1, 0.15) is 70.5 Å². The van der Waals surface area contributed by atoms with Crippen molar-refractivity contribution in [3.05, 3.63) is 11.7 Å². The maximum absolute atomic E-state index is 9.59. The molecule has 24 heavy (non-hydrogen) atoms. The molecule has 1 aliphatic rings. The third kappa shape index (κ3) is 6.11. The minimum atomic E-state index is -0.132. The fourth-order valence-corrected chi connectivity index (χ4v) is 2.76. The van der Waals surface area contributed by atoms with Gasteiger partial charge in [0.15, 0.2) is 11.8 Å². The first kappa shape index (κ1) is 18.7. The van der Waals surface area contributed by atoms with Crippen LogP contribution in [0.5, 0.6) is 0 Å². The Kier molecular flexibility index (Phi) is 7.49. The summed E-state index contributed by atoms with van der Waals surface area (Å²) >= 11 is 0. The molecule has 1 fully saturated rings. The van der Waals surface area contributed by atoms with Gasteiger partial charge in [0, 0.05) is 31.5 Å². The van der Waals surface area contributed by atoms with Gasteiger partial charge in [0.2, 0.25) is 5.89 Å². The molecule has 1 aromatic rings. The summed E-state index contributed by atoms with van der Waals surface area (Å²) in [5, 5.41) is 20.3. The molecule has 7 heteroatoms. The van der Waals surface area contributed by atoms with Gasteiger partial charge in [-0.15, -0.1) is 0 Å². The van der Waals surface area contributed by atoms with Crippen LogP contribution >= 0.6 is 0 Å². The Bertz CT molecular complexity index is 507. The SMILES string of the molecule is CCNC(=NCCCc1nc(C(C)C)no1)NC1CCC(O)CC1. The summed E-state index contributed by atoms with van der Waals surface area (Å²) in [6.45, 7) is 7.72. The molecule has 3 N–H and O–H groups in total. The monoisotopic (exact) mass is 337 g/mol. The fraction of sp³-hybridized carbons (Fsp3) is 0.824. The second-order valence-electron chi connectivity index (χ2n) is 6.72. The zero-order valence-corrected chi connectivity index (χ0v) is 15.1. The lowest BCUT2D eigenvalue weighted by atomic mass is 9.93. The first-order valence-electron chi connectivity index (χ1n) is 9.13. The number of guanidine groups is 1. The number of aromatic nitrogens is 2. The van der Waals surface area contributed by atoms with E-state index in [1.165, 1.54) is 0 Å². The Balaban J connectivity index is 1.75. The van der Waals surface area contributed by atoms with Gasteiger partial charge in [0.25, 0.3) is 0 Å². The molecule has 0 radical (unpaired) electrons. The molecule has 0 spiro atoms. The van der Waals surface area contributed by atoms with Crippen LogP contribution in [0.3, 0.4) is 0 Å². The molecular formula is C17H31N5O2. The van der Waals surface area contributed by atoms with Crippen LogP contribution in [0.25, 0.3) is 0 Å². The molecule has 0 aromatic carbocycles. The molecule has 1 heterocycles. The summed E-state index contributed by atoms with van der Waals surface area (Å²) in [5.41, 5.74) is 0. The van der Waals surface area contributed by atoms with Gasteiger partial charge in [-0.1, -0.05) is 19.0 Å². The van der Waals surface area contributed by atoms with E-state index in [9.17, 15) is 5.11 Å². The predicted octanol–water partition coefficient (Wildman–Crippen LogP) is 1.98. The second kappa shape index (κ2) is 9.61. The molecule has 1 aliphatic carbocycles.